The van der Waals surface area contributed by atoms with Crippen LogP contribution in [0.15, 0.2) is 30.3 Å². The second-order valence-electron chi connectivity index (χ2n) is 5.90. The van der Waals surface area contributed by atoms with Crippen LogP contribution in [0.3, 0.4) is 0 Å². The van der Waals surface area contributed by atoms with Gasteiger partial charge in [-0.3, -0.25) is 9.69 Å². The summed E-state index contributed by atoms with van der Waals surface area (Å²) in [6.45, 7) is 6.57. The Morgan fingerprint density at radius 2 is 1.95 bits per heavy atom. The molecule has 0 bridgehead atoms. The molecule has 0 N–H and O–H groups in total. The Kier molecular flexibility index (Phi) is 5.78. The van der Waals surface area contributed by atoms with Crippen LogP contribution in [0.25, 0.3) is 0 Å². The van der Waals surface area contributed by atoms with E-state index >= 15 is 0 Å². The highest BCUT2D eigenvalue weighted by molar-refractivity contribution is 6.00. The lowest BCUT2D eigenvalue weighted by atomic mass is 9.98. The molecule has 1 heterocycles. The van der Waals surface area contributed by atoms with Gasteiger partial charge in [-0.15, -0.1) is 0 Å². The van der Waals surface area contributed by atoms with Crippen molar-refractivity contribution in [2.45, 2.75) is 52.0 Å². The molecule has 1 fully saturated rings. The fourth-order valence-corrected chi connectivity index (χ4v) is 3.31. The topological polar surface area (TPSA) is 20.3 Å². The highest BCUT2D eigenvalue weighted by Gasteiger charge is 2.27. The van der Waals surface area contributed by atoms with Gasteiger partial charge >= 0.3 is 0 Å². The van der Waals surface area contributed by atoms with E-state index in [2.05, 4.69) is 18.7 Å². The number of rotatable bonds is 5. The molecule has 2 rings (SSSR count). The summed E-state index contributed by atoms with van der Waals surface area (Å²) in [5.41, 5.74) is 0.857. The van der Waals surface area contributed by atoms with Gasteiger partial charge in [0.25, 0.3) is 0 Å². The molecule has 0 spiro atoms. The minimum Gasteiger partial charge on any atom is -0.293 e. The summed E-state index contributed by atoms with van der Waals surface area (Å²) in [6, 6.07) is 9.82. The first-order valence-corrected chi connectivity index (χ1v) is 8.09. The lowest BCUT2D eigenvalue weighted by Gasteiger charge is -2.28. The first kappa shape index (κ1) is 15.2. The summed E-state index contributed by atoms with van der Waals surface area (Å²) in [5.74, 6) is 1.15. The van der Waals surface area contributed by atoms with Gasteiger partial charge in [0.2, 0.25) is 0 Å². The van der Waals surface area contributed by atoms with Crippen molar-refractivity contribution in [3.63, 3.8) is 0 Å². The number of nitrogens with zero attached hydrogens (tertiary/aromatic N) is 1. The van der Waals surface area contributed by atoms with Crippen LogP contribution in [-0.2, 0) is 0 Å². The molecule has 0 saturated carbocycles. The Labute approximate surface area is 123 Å². The molecule has 0 aromatic heterocycles. The maximum absolute atomic E-state index is 12.7. The molecule has 1 aliphatic heterocycles. The Hall–Kier alpha value is -1.15. The van der Waals surface area contributed by atoms with Crippen molar-refractivity contribution in [3.05, 3.63) is 35.9 Å². The molecule has 0 amide bonds. The van der Waals surface area contributed by atoms with Crippen LogP contribution in [0.2, 0.25) is 0 Å². The average molecular weight is 273 g/mol. The molecular weight excluding hydrogens is 246 g/mol. The van der Waals surface area contributed by atoms with Gasteiger partial charge in [0.05, 0.1) is 6.04 Å². The van der Waals surface area contributed by atoms with Crippen molar-refractivity contribution < 1.29 is 4.79 Å². The normalized spacial score (nSPS) is 22.2. The fourth-order valence-electron chi connectivity index (χ4n) is 3.31. The quantitative estimate of drug-likeness (QED) is 0.751. The minimum atomic E-state index is 0.0630. The summed E-state index contributed by atoms with van der Waals surface area (Å²) in [6.07, 6.45) is 5.98. The number of hydrogen-bond donors (Lipinski definition) is 0. The maximum Gasteiger partial charge on any atom is 0.179 e. The van der Waals surface area contributed by atoms with Gasteiger partial charge < -0.3 is 0 Å². The molecule has 2 nitrogen and oxygen atoms in total. The number of carbonyl (C=O) groups is 1. The third kappa shape index (κ3) is 3.69. The lowest BCUT2D eigenvalue weighted by Crippen LogP contribution is -2.41. The molecular formula is C18H27NO. The summed E-state index contributed by atoms with van der Waals surface area (Å²) >= 11 is 0. The van der Waals surface area contributed by atoms with Gasteiger partial charge in [0.15, 0.2) is 5.78 Å². The van der Waals surface area contributed by atoms with Gasteiger partial charge in [-0.25, -0.2) is 0 Å². The first-order chi connectivity index (χ1) is 9.76. The van der Waals surface area contributed by atoms with E-state index in [0.29, 0.717) is 5.78 Å². The molecule has 2 heteroatoms. The van der Waals surface area contributed by atoms with E-state index in [1.165, 1.54) is 25.7 Å². The van der Waals surface area contributed by atoms with Crippen molar-refractivity contribution >= 4 is 5.78 Å². The van der Waals surface area contributed by atoms with E-state index in [-0.39, 0.29) is 6.04 Å². The number of hydrogen-bond acceptors (Lipinski definition) is 2. The molecule has 1 aromatic rings. The molecule has 0 aliphatic carbocycles. The molecule has 1 aromatic carbocycles. The van der Waals surface area contributed by atoms with Crippen LogP contribution in [0.4, 0.5) is 0 Å². The van der Waals surface area contributed by atoms with E-state index in [1.54, 1.807) is 0 Å². The van der Waals surface area contributed by atoms with E-state index in [0.717, 1.165) is 31.0 Å². The van der Waals surface area contributed by atoms with Crippen LogP contribution in [0, 0.1) is 5.92 Å². The SMILES string of the molecule is CCC1CCCN(C(CC)C(=O)c2ccccc2)CC1. The zero-order valence-corrected chi connectivity index (χ0v) is 12.8. The molecule has 1 saturated heterocycles. The van der Waals surface area contributed by atoms with Crippen LogP contribution >= 0.6 is 0 Å². The van der Waals surface area contributed by atoms with E-state index in [1.807, 2.05) is 30.3 Å². The fraction of sp³-hybridized carbons (Fsp3) is 0.611. The highest BCUT2D eigenvalue weighted by Crippen LogP contribution is 2.23. The molecule has 2 unspecified atom stereocenters. The van der Waals surface area contributed by atoms with Crippen molar-refractivity contribution in [2.24, 2.45) is 5.92 Å². The summed E-state index contributed by atoms with van der Waals surface area (Å²) < 4.78 is 0. The number of likely N-dealkylation sites (tertiary alicyclic amines) is 1. The second kappa shape index (κ2) is 7.58. The zero-order valence-electron chi connectivity index (χ0n) is 12.8. The van der Waals surface area contributed by atoms with Crippen LogP contribution in [-0.4, -0.2) is 29.8 Å². The number of benzene rings is 1. The van der Waals surface area contributed by atoms with Crippen LogP contribution in [0.5, 0.6) is 0 Å². The smallest absolute Gasteiger partial charge is 0.179 e. The summed E-state index contributed by atoms with van der Waals surface area (Å²) in [5, 5.41) is 0. The number of carbonyl (C=O) groups excluding carboxylic acids is 1. The van der Waals surface area contributed by atoms with Gasteiger partial charge in [0, 0.05) is 5.56 Å². The molecule has 1 aliphatic rings. The maximum atomic E-state index is 12.7. The van der Waals surface area contributed by atoms with Crippen molar-refractivity contribution in [3.8, 4) is 0 Å². The largest absolute Gasteiger partial charge is 0.293 e. The van der Waals surface area contributed by atoms with Crippen molar-refractivity contribution in [2.75, 3.05) is 13.1 Å². The zero-order chi connectivity index (χ0) is 14.4. The van der Waals surface area contributed by atoms with Crippen LogP contribution < -0.4 is 0 Å². The van der Waals surface area contributed by atoms with Gasteiger partial charge in [0.1, 0.15) is 0 Å². The molecule has 2 atom stereocenters. The van der Waals surface area contributed by atoms with Gasteiger partial charge in [-0.05, 0) is 44.7 Å². The van der Waals surface area contributed by atoms with Crippen LogP contribution in [0.1, 0.15) is 56.3 Å². The summed E-state index contributed by atoms with van der Waals surface area (Å²) in [4.78, 5) is 15.1. The van der Waals surface area contributed by atoms with E-state index in [4.69, 9.17) is 0 Å². The van der Waals surface area contributed by atoms with E-state index in [9.17, 15) is 4.79 Å². The second-order valence-corrected chi connectivity index (χ2v) is 5.90. The Morgan fingerprint density at radius 1 is 1.20 bits per heavy atom. The van der Waals surface area contributed by atoms with Crippen molar-refractivity contribution in [1.29, 1.82) is 0 Å². The average Bonchev–Trinajstić information content (AvgIpc) is 2.74. The van der Waals surface area contributed by atoms with Gasteiger partial charge in [-0.1, -0.05) is 50.6 Å². The highest BCUT2D eigenvalue weighted by atomic mass is 16.1. The Morgan fingerprint density at radius 3 is 2.60 bits per heavy atom. The summed E-state index contributed by atoms with van der Waals surface area (Å²) in [7, 11) is 0. The Balaban J connectivity index is 2.06. The third-order valence-electron chi connectivity index (χ3n) is 4.65. The minimum absolute atomic E-state index is 0.0630. The molecule has 110 valence electrons. The number of Topliss-reactive ketones (excluding diaryl/α,β-unsaturated/α-hetero) is 1. The van der Waals surface area contributed by atoms with Crippen molar-refractivity contribution in [1.82, 2.24) is 4.90 Å². The Bertz CT molecular complexity index is 415. The van der Waals surface area contributed by atoms with E-state index < -0.39 is 0 Å². The lowest BCUT2D eigenvalue weighted by molar-refractivity contribution is 0.0814. The predicted molar refractivity (Wildman–Crippen MR) is 84.1 cm³/mol. The molecule has 20 heavy (non-hydrogen) atoms. The third-order valence-corrected chi connectivity index (χ3v) is 4.65. The number of ketones is 1. The predicted octanol–water partition coefficient (Wildman–Crippen LogP) is 4.16. The van der Waals surface area contributed by atoms with Gasteiger partial charge in [-0.2, -0.15) is 0 Å². The molecule has 0 radical (unpaired) electrons. The monoisotopic (exact) mass is 273 g/mol. The first-order valence-electron chi connectivity index (χ1n) is 8.09. The standard InChI is InChI=1S/C18H27NO/c1-3-15-9-8-13-19(14-12-15)17(4-2)18(20)16-10-6-5-7-11-16/h5-7,10-11,15,17H,3-4,8-9,12-14H2,1-2H3.